The van der Waals surface area contributed by atoms with Crippen molar-refractivity contribution in [2.24, 2.45) is 0 Å². The maximum atomic E-state index is 12.5. The van der Waals surface area contributed by atoms with Gasteiger partial charge in [-0.2, -0.15) is 13.2 Å². The third-order valence-corrected chi connectivity index (χ3v) is 4.65. The number of benzene rings is 1. The van der Waals surface area contributed by atoms with Crippen molar-refractivity contribution in [2.45, 2.75) is 33.1 Å². The Morgan fingerprint density at radius 2 is 1.84 bits per heavy atom. The Kier molecular flexibility index (Phi) is 6.55. The quantitative estimate of drug-likeness (QED) is 0.802. The minimum absolute atomic E-state index is 0.188. The molecule has 0 bridgehead atoms. The zero-order valence-electron chi connectivity index (χ0n) is 14.1. The molecule has 0 saturated heterocycles. The molecule has 136 valence electrons. The summed E-state index contributed by atoms with van der Waals surface area (Å²) in [5.74, 6) is -0.422. The van der Waals surface area contributed by atoms with Crippen molar-refractivity contribution in [1.82, 2.24) is 15.2 Å². The molecule has 8 heteroatoms. The van der Waals surface area contributed by atoms with Crippen molar-refractivity contribution < 1.29 is 18.0 Å². The zero-order valence-corrected chi connectivity index (χ0v) is 14.9. The second-order valence-corrected chi connectivity index (χ2v) is 6.39. The third-order valence-electron chi connectivity index (χ3n) is 3.75. The van der Waals surface area contributed by atoms with E-state index < -0.39 is 17.6 Å². The number of hydrogen-bond donors (Lipinski definition) is 1. The predicted octanol–water partition coefficient (Wildman–Crippen LogP) is 3.93. The summed E-state index contributed by atoms with van der Waals surface area (Å²) in [5.41, 5.74) is 0.366. The van der Waals surface area contributed by atoms with Crippen LogP contribution in [0.15, 0.2) is 29.6 Å². The van der Waals surface area contributed by atoms with Crippen LogP contribution in [0.3, 0.4) is 0 Å². The standard InChI is InChI=1S/C17H20F3N3OS/c1-3-23(4-2)10-14-11-25-15(22-14)9-21-16(24)12-5-7-13(8-6-12)17(18,19)20/h5-8,11H,3-4,9-10H2,1-2H3,(H,21,24). The Morgan fingerprint density at radius 3 is 2.40 bits per heavy atom. The fourth-order valence-electron chi connectivity index (χ4n) is 2.25. The molecule has 0 aliphatic rings. The van der Waals surface area contributed by atoms with Gasteiger partial charge in [0.05, 0.1) is 17.8 Å². The second kappa shape index (κ2) is 8.44. The number of nitrogens with one attached hydrogen (secondary N) is 1. The lowest BCUT2D eigenvalue weighted by Crippen LogP contribution is -2.23. The van der Waals surface area contributed by atoms with E-state index >= 15 is 0 Å². The van der Waals surface area contributed by atoms with E-state index in [1.54, 1.807) is 0 Å². The number of rotatable bonds is 7. The molecule has 1 N–H and O–H groups in total. The van der Waals surface area contributed by atoms with Gasteiger partial charge in [-0.25, -0.2) is 4.98 Å². The minimum atomic E-state index is -4.41. The number of hydrogen-bond acceptors (Lipinski definition) is 4. The summed E-state index contributed by atoms with van der Waals surface area (Å²) in [6.45, 7) is 7.06. The molecule has 1 heterocycles. The minimum Gasteiger partial charge on any atom is -0.346 e. The largest absolute Gasteiger partial charge is 0.416 e. The smallest absolute Gasteiger partial charge is 0.346 e. The second-order valence-electron chi connectivity index (χ2n) is 5.45. The SMILES string of the molecule is CCN(CC)Cc1csc(CNC(=O)c2ccc(C(F)(F)F)cc2)n1. The van der Waals surface area contributed by atoms with Gasteiger partial charge in [0.2, 0.25) is 0 Å². The number of thiazole rings is 1. The van der Waals surface area contributed by atoms with Crippen LogP contribution in [-0.2, 0) is 19.3 Å². The molecule has 4 nitrogen and oxygen atoms in total. The van der Waals surface area contributed by atoms with Crippen molar-refractivity contribution in [2.75, 3.05) is 13.1 Å². The number of halogens is 3. The number of aromatic nitrogens is 1. The van der Waals surface area contributed by atoms with E-state index in [0.29, 0.717) is 0 Å². The average molecular weight is 371 g/mol. The fourth-order valence-corrected chi connectivity index (χ4v) is 2.97. The lowest BCUT2D eigenvalue weighted by atomic mass is 10.1. The van der Waals surface area contributed by atoms with E-state index in [0.717, 1.165) is 42.5 Å². The van der Waals surface area contributed by atoms with Gasteiger partial charge in [-0.05, 0) is 37.4 Å². The molecule has 1 aromatic heterocycles. The van der Waals surface area contributed by atoms with E-state index in [1.807, 2.05) is 5.38 Å². The number of carbonyl (C=O) groups excluding carboxylic acids is 1. The molecule has 0 fully saturated rings. The molecule has 2 aromatic rings. The number of carbonyl (C=O) groups is 1. The maximum Gasteiger partial charge on any atom is 0.416 e. The van der Waals surface area contributed by atoms with Crippen LogP contribution < -0.4 is 5.32 Å². The van der Waals surface area contributed by atoms with Crippen LogP contribution in [0.2, 0.25) is 0 Å². The molecule has 0 spiro atoms. The van der Waals surface area contributed by atoms with Crippen molar-refractivity contribution in [3.63, 3.8) is 0 Å². The fraction of sp³-hybridized carbons (Fsp3) is 0.412. The van der Waals surface area contributed by atoms with Crippen LogP contribution in [0.25, 0.3) is 0 Å². The van der Waals surface area contributed by atoms with Crippen LogP contribution in [-0.4, -0.2) is 28.9 Å². The molecule has 0 saturated carbocycles. The number of nitrogens with zero attached hydrogens (tertiary/aromatic N) is 2. The normalized spacial score (nSPS) is 11.8. The summed E-state index contributed by atoms with van der Waals surface area (Å²) in [6.07, 6.45) is -4.41. The Hall–Kier alpha value is -1.93. The lowest BCUT2D eigenvalue weighted by Gasteiger charge is -2.15. The van der Waals surface area contributed by atoms with Gasteiger partial charge in [0.25, 0.3) is 5.91 Å². The molecule has 25 heavy (non-hydrogen) atoms. The molecule has 2 rings (SSSR count). The van der Waals surface area contributed by atoms with E-state index in [1.165, 1.54) is 23.5 Å². The van der Waals surface area contributed by atoms with Gasteiger partial charge in [-0.15, -0.1) is 11.3 Å². The van der Waals surface area contributed by atoms with Crippen LogP contribution in [0.5, 0.6) is 0 Å². The highest BCUT2D eigenvalue weighted by atomic mass is 32.1. The highest BCUT2D eigenvalue weighted by Gasteiger charge is 2.30. The van der Waals surface area contributed by atoms with E-state index in [2.05, 4.69) is 29.0 Å². The van der Waals surface area contributed by atoms with Gasteiger partial charge in [-0.3, -0.25) is 9.69 Å². The first-order valence-electron chi connectivity index (χ1n) is 7.94. The average Bonchev–Trinajstić information content (AvgIpc) is 3.04. The Bertz CT molecular complexity index is 694. The first-order chi connectivity index (χ1) is 11.8. The molecule has 0 aliphatic carbocycles. The van der Waals surface area contributed by atoms with Crippen LogP contribution in [0, 0.1) is 0 Å². The van der Waals surface area contributed by atoms with Gasteiger partial charge >= 0.3 is 6.18 Å². The van der Waals surface area contributed by atoms with Crippen LogP contribution >= 0.6 is 11.3 Å². The topological polar surface area (TPSA) is 45.2 Å². The Morgan fingerprint density at radius 1 is 1.20 bits per heavy atom. The van der Waals surface area contributed by atoms with E-state index in [4.69, 9.17) is 0 Å². The summed E-state index contributed by atoms with van der Waals surface area (Å²) in [6, 6.07) is 4.15. The lowest BCUT2D eigenvalue weighted by molar-refractivity contribution is -0.137. The molecule has 0 aliphatic heterocycles. The van der Waals surface area contributed by atoms with Crippen molar-refractivity contribution in [3.05, 3.63) is 51.5 Å². The van der Waals surface area contributed by atoms with Gasteiger partial charge < -0.3 is 5.32 Å². The predicted molar refractivity (Wildman–Crippen MR) is 91.4 cm³/mol. The first-order valence-corrected chi connectivity index (χ1v) is 8.82. The summed E-state index contributed by atoms with van der Waals surface area (Å²) in [7, 11) is 0. The Labute approximate surface area is 148 Å². The summed E-state index contributed by atoms with van der Waals surface area (Å²) in [5, 5.41) is 5.40. The van der Waals surface area contributed by atoms with Crippen molar-refractivity contribution >= 4 is 17.2 Å². The van der Waals surface area contributed by atoms with Crippen molar-refractivity contribution in [1.29, 1.82) is 0 Å². The maximum absolute atomic E-state index is 12.5. The van der Waals surface area contributed by atoms with Gasteiger partial charge in [0, 0.05) is 17.5 Å². The van der Waals surface area contributed by atoms with E-state index in [-0.39, 0.29) is 12.1 Å². The zero-order chi connectivity index (χ0) is 18.4. The number of alkyl halides is 3. The molecule has 1 aromatic carbocycles. The first kappa shape index (κ1) is 19.4. The number of amides is 1. The molecule has 0 atom stereocenters. The molecule has 0 radical (unpaired) electrons. The highest BCUT2D eigenvalue weighted by Crippen LogP contribution is 2.29. The Balaban J connectivity index is 1.91. The third kappa shape index (κ3) is 5.54. The molecular weight excluding hydrogens is 351 g/mol. The van der Waals surface area contributed by atoms with Crippen molar-refractivity contribution in [3.8, 4) is 0 Å². The molecular formula is C17H20F3N3OS. The summed E-state index contributed by atoms with van der Waals surface area (Å²) < 4.78 is 37.6. The van der Waals surface area contributed by atoms with Gasteiger partial charge in [0.15, 0.2) is 0 Å². The summed E-state index contributed by atoms with van der Waals surface area (Å²) in [4.78, 5) is 18.7. The molecule has 0 unspecified atom stereocenters. The van der Waals surface area contributed by atoms with Crippen LogP contribution in [0.1, 0.15) is 40.5 Å². The summed E-state index contributed by atoms with van der Waals surface area (Å²) >= 11 is 1.45. The molecule has 1 amide bonds. The van der Waals surface area contributed by atoms with Gasteiger partial charge in [-0.1, -0.05) is 13.8 Å². The monoisotopic (exact) mass is 371 g/mol. The van der Waals surface area contributed by atoms with Gasteiger partial charge in [0.1, 0.15) is 5.01 Å². The van der Waals surface area contributed by atoms with E-state index in [9.17, 15) is 18.0 Å². The highest BCUT2D eigenvalue weighted by molar-refractivity contribution is 7.09. The van der Waals surface area contributed by atoms with Crippen LogP contribution in [0.4, 0.5) is 13.2 Å².